The predicted molar refractivity (Wildman–Crippen MR) is 51.8 cm³/mol. The SMILES string of the molecule is Cc1cccc(C)c1COC(=O)C(F)(F)F. The molecule has 88 valence electrons. The molecule has 0 aliphatic heterocycles. The summed E-state index contributed by atoms with van der Waals surface area (Å²) in [7, 11) is 0. The summed E-state index contributed by atoms with van der Waals surface area (Å²) < 4.78 is 39.8. The standard InChI is InChI=1S/C11H11F3O2/c1-7-4-3-5-8(2)9(7)6-16-10(15)11(12,13)14/h3-5H,6H2,1-2H3. The van der Waals surface area contributed by atoms with Gasteiger partial charge in [-0.1, -0.05) is 18.2 Å². The molecule has 0 saturated carbocycles. The summed E-state index contributed by atoms with van der Waals surface area (Å²) in [6.45, 7) is 3.16. The van der Waals surface area contributed by atoms with Crippen LogP contribution in [0.5, 0.6) is 0 Å². The molecule has 0 heterocycles. The van der Waals surface area contributed by atoms with Crippen LogP contribution in [0.2, 0.25) is 0 Å². The van der Waals surface area contributed by atoms with E-state index in [0.29, 0.717) is 5.56 Å². The minimum absolute atomic E-state index is 0.350. The van der Waals surface area contributed by atoms with Gasteiger partial charge in [0, 0.05) is 0 Å². The van der Waals surface area contributed by atoms with Gasteiger partial charge >= 0.3 is 12.1 Å². The molecule has 0 fully saturated rings. The number of hydrogen-bond donors (Lipinski definition) is 0. The maximum Gasteiger partial charge on any atom is 0.490 e. The summed E-state index contributed by atoms with van der Waals surface area (Å²) in [5.41, 5.74) is 2.21. The number of carbonyl (C=O) groups is 1. The first-order chi connectivity index (χ1) is 7.32. The van der Waals surface area contributed by atoms with Gasteiger partial charge in [0.1, 0.15) is 6.61 Å². The number of hydrogen-bond acceptors (Lipinski definition) is 2. The second-order valence-electron chi connectivity index (χ2n) is 3.44. The quantitative estimate of drug-likeness (QED) is 0.733. The minimum atomic E-state index is -4.93. The first-order valence-corrected chi connectivity index (χ1v) is 4.61. The Labute approximate surface area is 91.0 Å². The van der Waals surface area contributed by atoms with Crippen molar-refractivity contribution >= 4 is 5.97 Å². The normalized spacial score (nSPS) is 11.3. The van der Waals surface area contributed by atoms with Crippen molar-refractivity contribution in [2.45, 2.75) is 26.6 Å². The van der Waals surface area contributed by atoms with E-state index in [9.17, 15) is 18.0 Å². The highest BCUT2D eigenvalue weighted by molar-refractivity contribution is 5.75. The number of alkyl halides is 3. The molecule has 0 amide bonds. The van der Waals surface area contributed by atoms with Crippen molar-refractivity contribution in [3.8, 4) is 0 Å². The van der Waals surface area contributed by atoms with E-state index in [1.165, 1.54) is 0 Å². The fourth-order valence-electron chi connectivity index (χ4n) is 1.30. The Bertz CT molecular complexity index is 376. The van der Waals surface area contributed by atoms with E-state index in [1.54, 1.807) is 32.0 Å². The van der Waals surface area contributed by atoms with Crippen LogP contribution in [0.4, 0.5) is 13.2 Å². The maximum absolute atomic E-state index is 11.9. The largest absolute Gasteiger partial charge is 0.490 e. The highest BCUT2D eigenvalue weighted by Gasteiger charge is 2.40. The maximum atomic E-state index is 11.9. The Hall–Kier alpha value is -1.52. The van der Waals surface area contributed by atoms with E-state index in [2.05, 4.69) is 4.74 Å². The van der Waals surface area contributed by atoms with E-state index >= 15 is 0 Å². The van der Waals surface area contributed by atoms with E-state index < -0.39 is 12.1 Å². The number of rotatable bonds is 2. The smallest absolute Gasteiger partial charge is 0.454 e. The molecule has 0 aromatic heterocycles. The fraction of sp³-hybridized carbons (Fsp3) is 0.364. The van der Waals surface area contributed by atoms with Crippen LogP contribution in [0.1, 0.15) is 16.7 Å². The molecule has 0 aliphatic rings. The molecule has 5 heteroatoms. The van der Waals surface area contributed by atoms with Crippen molar-refractivity contribution < 1.29 is 22.7 Å². The first kappa shape index (κ1) is 12.5. The van der Waals surface area contributed by atoms with Crippen LogP contribution >= 0.6 is 0 Å². The lowest BCUT2D eigenvalue weighted by molar-refractivity contribution is -0.201. The molecular formula is C11H11F3O2. The zero-order chi connectivity index (χ0) is 12.3. The van der Waals surface area contributed by atoms with Crippen molar-refractivity contribution in [1.82, 2.24) is 0 Å². The molecule has 0 unspecified atom stereocenters. The van der Waals surface area contributed by atoms with Gasteiger partial charge in [0.2, 0.25) is 0 Å². The topological polar surface area (TPSA) is 26.3 Å². The highest BCUT2D eigenvalue weighted by atomic mass is 19.4. The molecule has 1 aromatic rings. The van der Waals surface area contributed by atoms with Gasteiger partial charge in [0.05, 0.1) is 0 Å². The lowest BCUT2D eigenvalue weighted by Gasteiger charge is -2.11. The zero-order valence-electron chi connectivity index (χ0n) is 8.89. The zero-order valence-corrected chi connectivity index (χ0v) is 8.89. The number of aryl methyl sites for hydroxylation is 2. The second-order valence-corrected chi connectivity index (χ2v) is 3.44. The van der Waals surface area contributed by atoms with Gasteiger partial charge < -0.3 is 4.74 Å². The Kier molecular flexibility index (Phi) is 3.57. The monoisotopic (exact) mass is 232 g/mol. The molecule has 0 N–H and O–H groups in total. The molecule has 1 rings (SSSR count). The van der Waals surface area contributed by atoms with Crippen LogP contribution in [-0.2, 0) is 16.1 Å². The fourth-order valence-corrected chi connectivity index (χ4v) is 1.30. The molecule has 1 aromatic carbocycles. The Morgan fingerprint density at radius 3 is 2.19 bits per heavy atom. The third kappa shape index (κ3) is 2.98. The van der Waals surface area contributed by atoms with Crippen molar-refractivity contribution in [2.24, 2.45) is 0 Å². The van der Waals surface area contributed by atoms with Crippen LogP contribution in [0.3, 0.4) is 0 Å². The minimum Gasteiger partial charge on any atom is -0.454 e. The summed E-state index contributed by atoms with van der Waals surface area (Å²) in [5, 5.41) is 0. The van der Waals surface area contributed by atoms with E-state index in [1.807, 2.05) is 0 Å². The summed E-state index contributed by atoms with van der Waals surface area (Å²) >= 11 is 0. The molecule has 0 bridgehead atoms. The Balaban J connectivity index is 2.73. The van der Waals surface area contributed by atoms with Gasteiger partial charge in [-0.15, -0.1) is 0 Å². The molecule has 0 radical (unpaired) electrons. The van der Waals surface area contributed by atoms with Crippen LogP contribution in [-0.4, -0.2) is 12.1 Å². The third-order valence-corrected chi connectivity index (χ3v) is 2.22. The van der Waals surface area contributed by atoms with E-state index in [4.69, 9.17) is 0 Å². The van der Waals surface area contributed by atoms with Gasteiger partial charge in [-0.2, -0.15) is 13.2 Å². The highest BCUT2D eigenvalue weighted by Crippen LogP contribution is 2.19. The second kappa shape index (κ2) is 4.55. The third-order valence-electron chi connectivity index (χ3n) is 2.22. The molecule has 0 aliphatic carbocycles. The van der Waals surface area contributed by atoms with Gasteiger partial charge in [-0.3, -0.25) is 0 Å². The van der Waals surface area contributed by atoms with Gasteiger partial charge in [0.25, 0.3) is 0 Å². The van der Waals surface area contributed by atoms with Crippen molar-refractivity contribution in [3.63, 3.8) is 0 Å². The molecule has 0 spiro atoms. The number of ether oxygens (including phenoxy) is 1. The van der Waals surface area contributed by atoms with E-state index in [0.717, 1.165) is 11.1 Å². The average molecular weight is 232 g/mol. The number of halogens is 3. The van der Waals surface area contributed by atoms with Gasteiger partial charge in [-0.25, -0.2) is 4.79 Å². The van der Waals surface area contributed by atoms with Crippen LogP contribution in [0.25, 0.3) is 0 Å². The van der Waals surface area contributed by atoms with Crippen LogP contribution in [0, 0.1) is 13.8 Å². The molecule has 0 atom stereocenters. The lowest BCUT2D eigenvalue weighted by atomic mass is 10.0. The number of esters is 1. The molecule has 0 saturated heterocycles. The predicted octanol–water partition coefficient (Wildman–Crippen LogP) is 2.91. The van der Waals surface area contributed by atoms with Gasteiger partial charge in [-0.05, 0) is 30.5 Å². The van der Waals surface area contributed by atoms with Crippen LogP contribution < -0.4 is 0 Å². The number of benzene rings is 1. The van der Waals surface area contributed by atoms with E-state index in [-0.39, 0.29) is 6.61 Å². The Morgan fingerprint density at radius 2 is 1.75 bits per heavy atom. The lowest BCUT2D eigenvalue weighted by Crippen LogP contribution is -2.25. The van der Waals surface area contributed by atoms with Crippen molar-refractivity contribution in [1.29, 1.82) is 0 Å². The Morgan fingerprint density at radius 1 is 1.25 bits per heavy atom. The van der Waals surface area contributed by atoms with Gasteiger partial charge in [0.15, 0.2) is 0 Å². The van der Waals surface area contributed by atoms with Crippen LogP contribution in [0.15, 0.2) is 18.2 Å². The van der Waals surface area contributed by atoms with Crippen molar-refractivity contribution in [2.75, 3.05) is 0 Å². The molecule has 16 heavy (non-hydrogen) atoms. The number of carbonyl (C=O) groups excluding carboxylic acids is 1. The van der Waals surface area contributed by atoms with Crippen molar-refractivity contribution in [3.05, 3.63) is 34.9 Å². The molecule has 2 nitrogen and oxygen atoms in total. The first-order valence-electron chi connectivity index (χ1n) is 4.61. The summed E-state index contributed by atoms with van der Waals surface area (Å²) in [6, 6.07) is 5.30. The molecular weight excluding hydrogens is 221 g/mol. The summed E-state index contributed by atoms with van der Waals surface area (Å²) in [5.74, 6) is -2.16. The summed E-state index contributed by atoms with van der Waals surface area (Å²) in [4.78, 5) is 10.5. The summed E-state index contributed by atoms with van der Waals surface area (Å²) in [6.07, 6.45) is -4.93. The average Bonchev–Trinajstić information content (AvgIpc) is 2.15.